The Kier molecular flexibility index (Phi) is 9.38. The van der Waals surface area contributed by atoms with Gasteiger partial charge in [0.15, 0.2) is 0 Å². The van der Waals surface area contributed by atoms with Gasteiger partial charge in [0.1, 0.15) is 11.6 Å². The van der Waals surface area contributed by atoms with E-state index in [0.717, 1.165) is 18.4 Å². The molecule has 0 heterocycles. The van der Waals surface area contributed by atoms with E-state index in [1.807, 2.05) is 0 Å². The Bertz CT molecular complexity index is 1040. The van der Waals surface area contributed by atoms with Gasteiger partial charge in [0.2, 0.25) is 0 Å². The Labute approximate surface area is 214 Å². The summed E-state index contributed by atoms with van der Waals surface area (Å²) in [5.74, 6) is 0.278. The van der Waals surface area contributed by atoms with Crippen LogP contribution in [-0.4, -0.2) is 0 Å². The Hall–Kier alpha value is -2.19. The lowest BCUT2D eigenvalue weighted by atomic mass is 9.76. The summed E-state index contributed by atoms with van der Waals surface area (Å²) in [7, 11) is 0. The maximum atomic E-state index is 14.8. The molecule has 3 aromatic rings. The fourth-order valence-corrected chi connectivity index (χ4v) is 5.66. The molecule has 0 aliphatic heterocycles. The van der Waals surface area contributed by atoms with E-state index in [2.05, 4.69) is 31.2 Å². The molecule has 0 amide bonds. The van der Waals surface area contributed by atoms with Crippen LogP contribution in [-0.2, 0) is 12.8 Å². The van der Waals surface area contributed by atoms with Gasteiger partial charge in [-0.15, -0.1) is 0 Å². The number of benzene rings is 3. The minimum Gasteiger partial charge on any atom is -0.206 e. The molecule has 0 spiro atoms. The summed E-state index contributed by atoms with van der Waals surface area (Å²) < 4.78 is 29.5. The van der Waals surface area contributed by atoms with Gasteiger partial charge in [-0.05, 0) is 110 Å². The molecule has 1 aliphatic rings. The van der Waals surface area contributed by atoms with Crippen molar-refractivity contribution >= 4 is 11.6 Å². The molecule has 1 saturated carbocycles. The standard InChI is InChI=1S/C32H37ClF2/c1-2-3-4-5-6-23-9-13-26(14-10-23)27-15-11-24(12-16-27)7-8-25-21-30(34)32(31(35)22-25)28-17-19-29(33)20-18-28/h9-10,13-14,17-22,24,27H,2-8,11-12,15-16H2,1H3. The van der Waals surface area contributed by atoms with Crippen molar-refractivity contribution in [2.75, 3.05) is 0 Å². The van der Waals surface area contributed by atoms with Gasteiger partial charge in [-0.2, -0.15) is 0 Å². The predicted molar refractivity (Wildman–Crippen MR) is 144 cm³/mol. The SMILES string of the molecule is CCCCCCc1ccc(C2CCC(CCc3cc(F)c(-c4ccc(Cl)cc4)c(F)c3)CC2)cc1. The van der Waals surface area contributed by atoms with Gasteiger partial charge in [-0.3, -0.25) is 0 Å². The molecule has 0 saturated heterocycles. The fourth-order valence-electron chi connectivity index (χ4n) is 5.53. The fraction of sp³-hybridized carbons (Fsp3) is 0.438. The van der Waals surface area contributed by atoms with E-state index in [-0.39, 0.29) is 5.56 Å². The van der Waals surface area contributed by atoms with Gasteiger partial charge < -0.3 is 0 Å². The van der Waals surface area contributed by atoms with E-state index in [1.54, 1.807) is 24.3 Å². The summed E-state index contributed by atoms with van der Waals surface area (Å²) in [6, 6.07) is 19.0. The second kappa shape index (κ2) is 12.7. The largest absolute Gasteiger partial charge is 0.206 e. The average Bonchev–Trinajstić information content (AvgIpc) is 2.87. The van der Waals surface area contributed by atoms with Crippen LogP contribution < -0.4 is 0 Å². The Morgan fingerprint density at radius 3 is 2.03 bits per heavy atom. The number of unbranched alkanes of at least 4 members (excludes halogenated alkanes) is 3. The lowest BCUT2D eigenvalue weighted by molar-refractivity contribution is 0.310. The zero-order valence-corrected chi connectivity index (χ0v) is 21.6. The summed E-state index contributed by atoms with van der Waals surface area (Å²) in [6.07, 6.45) is 12.9. The van der Waals surface area contributed by atoms with Crippen molar-refractivity contribution in [2.45, 2.75) is 83.5 Å². The maximum absolute atomic E-state index is 14.8. The third-order valence-corrected chi connectivity index (χ3v) is 7.94. The third kappa shape index (κ3) is 7.17. The molecule has 4 rings (SSSR count). The molecule has 0 N–H and O–H groups in total. The van der Waals surface area contributed by atoms with Crippen LogP contribution in [0.5, 0.6) is 0 Å². The van der Waals surface area contributed by atoms with E-state index in [1.165, 1.54) is 81.0 Å². The normalized spacial score (nSPS) is 18.1. The number of aryl methyl sites for hydroxylation is 2. The molecule has 186 valence electrons. The van der Waals surface area contributed by atoms with Gasteiger partial charge in [0.25, 0.3) is 0 Å². The van der Waals surface area contributed by atoms with Crippen LogP contribution in [0.2, 0.25) is 5.02 Å². The van der Waals surface area contributed by atoms with Crippen molar-refractivity contribution < 1.29 is 8.78 Å². The van der Waals surface area contributed by atoms with Crippen LogP contribution in [0.3, 0.4) is 0 Å². The first-order valence-electron chi connectivity index (χ1n) is 13.4. The second-order valence-electron chi connectivity index (χ2n) is 10.2. The minimum absolute atomic E-state index is 0.0258. The summed E-state index contributed by atoms with van der Waals surface area (Å²) in [5, 5.41) is 0.552. The van der Waals surface area contributed by atoms with Gasteiger partial charge in [-0.1, -0.05) is 74.2 Å². The smallest absolute Gasteiger partial charge is 0.134 e. The highest BCUT2D eigenvalue weighted by atomic mass is 35.5. The lowest BCUT2D eigenvalue weighted by Gasteiger charge is -2.29. The summed E-state index contributed by atoms with van der Waals surface area (Å²) in [5.41, 5.74) is 4.22. The third-order valence-electron chi connectivity index (χ3n) is 7.69. The molecule has 3 aromatic carbocycles. The number of halogens is 3. The molecular weight excluding hydrogens is 458 g/mol. The number of hydrogen-bond acceptors (Lipinski definition) is 0. The zero-order valence-electron chi connectivity index (χ0n) is 20.8. The maximum Gasteiger partial charge on any atom is 0.134 e. The molecule has 0 aromatic heterocycles. The summed E-state index contributed by atoms with van der Waals surface area (Å²) in [6.45, 7) is 2.25. The van der Waals surface area contributed by atoms with Crippen molar-refractivity contribution in [3.63, 3.8) is 0 Å². The predicted octanol–water partition coefficient (Wildman–Crippen LogP) is 10.3. The average molecular weight is 495 g/mol. The van der Waals surface area contributed by atoms with Crippen LogP contribution >= 0.6 is 11.6 Å². The van der Waals surface area contributed by atoms with Crippen LogP contribution in [0.4, 0.5) is 8.78 Å². The molecule has 1 aliphatic carbocycles. The van der Waals surface area contributed by atoms with Crippen molar-refractivity contribution in [1.82, 2.24) is 0 Å². The molecule has 0 bridgehead atoms. The van der Waals surface area contributed by atoms with E-state index in [4.69, 9.17) is 11.6 Å². The zero-order chi connectivity index (χ0) is 24.6. The summed E-state index contributed by atoms with van der Waals surface area (Å²) in [4.78, 5) is 0. The van der Waals surface area contributed by atoms with Crippen LogP contribution in [0.1, 0.15) is 87.3 Å². The van der Waals surface area contributed by atoms with E-state index in [9.17, 15) is 8.78 Å². The molecule has 1 fully saturated rings. The molecule has 0 radical (unpaired) electrons. The second-order valence-corrected chi connectivity index (χ2v) is 10.7. The first-order chi connectivity index (χ1) is 17.0. The topological polar surface area (TPSA) is 0 Å². The molecule has 0 nitrogen and oxygen atoms in total. The van der Waals surface area contributed by atoms with Crippen LogP contribution in [0.15, 0.2) is 60.7 Å². The Morgan fingerprint density at radius 2 is 1.40 bits per heavy atom. The van der Waals surface area contributed by atoms with E-state index in [0.29, 0.717) is 22.4 Å². The highest BCUT2D eigenvalue weighted by Gasteiger charge is 2.23. The highest BCUT2D eigenvalue weighted by Crippen LogP contribution is 2.38. The van der Waals surface area contributed by atoms with Crippen molar-refractivity contribution in [3.8, 4) is 11.1 Å². The quantitative estimate of drug-likeness (QED) is 0.246. The van der Waals surface area contributed by atoms with Crippen molar-refractivity contribution in [2.24, 2.45) is 5.92 Å². The Morgan fingerprint density at radius 1 is 0.743 bits per heavy atom. The first-order valence-corrected chi connectivity index (χ1v) is 13.7. The molecule has 35 heavy (non-hydrogen) atoms. The molecule has 0 unspecified atom stereocenters. The van der Waals surface area contributed by atoms with Gasteiger partial charge in [-0.25, -0.2) is 8.78 Å². The lowest BCUT2D eigenvalue weighted by Crippen LogP contribution is -2.14. The highest BCUT2D eigenvalue weighted by molar-refractivity contribution is 6.30. The van der Waals surface area contributed by atoms with Gasteiger partial charge in [0.05, 0.1) is 5.56 Å². The molecule has 3 heteroatoms. The molecule has 0 atom stereocenters. The van der Waals surface area contributed by atoms with Gasteiger partial charge in [0, 0.05) is 5.02 Å². The molecular formula is C32H37ClF2. The first kappa shape index (κ1) is 25.9. The van der Waals surface area contributed by atoms with E-state index < -0.39 is 11.6 Å². The summed E-state index contributed by atoms with van der Waals surface area (Å²) >= 11 is 5.91. The van der Waals surface area contributed by atoms with Gasteiger partial charge >= 0.3 is 0 Å². The van der Waals surface area contributed by atoms with Crippen molar-refractivity contribution in [3.05, 3.63) is 94.0 Å². The van der Waals surface area contributed by atoms with Crippen LogP contribution in [0, 0.1) is 17.6 Å². The van der Waals surface area contributed by atoms with Crippen LogP contribution in [0.25, 0.3) is 11.1 Å². The van der Waals surface area contributed by atoms with E-state index >= 15 is 0 Å². The Balaban J connectivity index is 1.26. The minimum atomic E-state index is -0.500. The number of rotatable bonds is 10. The number of hydrogen-bond donors (Lipinski definition) is 0. The van der Waals surface area contributed by atoms with Crippen molar-refractivity contribution in [1.29, 1.82) is 0 Å². The monoisotopic (exact) mass is 494 g/mol.